The molecule has 0 aromatic carbocycles. The van der Waals surface area contributed by atoms with Crippen LogP contribution < -0.4 is 15.5 Å². The molecule has 0 saturated carbocycles. The molecule has 1 saturated heterocycles. The Labute approximate surface area is 116 Å². The van der Waals surface area contributed by atoms with Crippen molar-refractivity contribution in [3.8, 4) is 0 Å². The van der Waals surface area contributed by atoms with Crippen molar-refractivity contribution in [2.45, 2.75) is 6.54 Å². The minimum atomic E-state index is 0.575. The van der Waals surface area contributed by atoms with E-state index in [1.54, 1.807) is 11.3 Å². The third-order valence-electron chi connectivity index (χ3n) is 3.27. The lowest BCUT2D eigenvalue weighted by atomic mass is 10.3. The van der Waals surface area contributed by atoms with Gasteiger partial charge in [-0.25, -0.2) is 9.97 Å². The van der Waals surface area contributed by atoms with Crippen LogP contribution in [0.2, 0.25) is 0 Å². The molecular weight excluding hydrogens is 258 g/mol. The standard InChI is InChI=1S/C13H17N5S/c14-9-11-10-16-13(19-11)18-7-5-17(6-8-18)12-3-1-2-4-15-12/h1-4,10H,5-9,14H2. The van der Waals surface area contributed by atoms with E-state index < -0.39 is 0 Å². The summed E-state index contributed by atoms with van der Waals surface area (Å²) in [6, 6.07) is 6.04. The molecule has 0 unspecified atom stereocenters. The lowest BCUT2D eigenvalue weighted by Gasteiger charge is -2.35. The first-order valence-electron chi connectivity index (χ1n) is 6.42. The Balaban J connectivity index is 1.63. The lowest BCUT2D eigenvalue weighted by molar-refractivity contribution is 0.646. The zero-order valence-corrected chi connectivity index (χ0v) is 11.5. The van der Waals surface area contributed by atoms with Crippen molar-refractivity contribution in [2.75, 3.05) is 36.0 Å². The Hall–Kier alpha value is -1.66. The Morgan fingerprint density at radius 1 is 1.11 bits per heavy atom. The summed E-state index contributed by atoms with van der Waals surface area (Å²) in [6.45, 7) is 4.50. The molecule has 1 aliphatic heterocycles. The molecule has 5 nitrogen and oxygen atoms in total. The normalized spacial score (nSPS) is 15.8. The van der Waals surface area contributed by atoms with Crippen LogP contribution in [0.4, 0.5) is 10.9 Å². The van der Waals surface area contributed by atoms with Crippen LogP contribution in [0.3, 0.4) is 0 Å². The third-order valence-corrected chi connectivity index (χ3v) is 4.35. The highest BCUT2D eigenvalue weighted by atomic mass is 32.1. The van der Waals surface area contributed by atoms with E-state index in [4.69, 9.17) is 5.73 Å². The molecule has 0 amide bonds. The quantitative estimate of drug-likeness (QED) is 0.915. The molecule has 0 bridgehead atoms. The van der Waals surface area contributed by atoms with E-state index in [-0.39, 0.29) is 0 Å². The van der Waals surface area contributed by atoms with E-state index in [0.717, 1.165) is 42.0 Å². The molecule has 0 atom stereocenters. The fraction of sp³-hybridized carbons (Fsp3) is 0.385. The van der Waals surface area contributed by atoms with Gasteiger partial charge in [0.2, 0.25) is 0 Å². The first-order chi connectivity index (χ1) is 9.36. The summed E-state index contributed by atoms with van der Waals surface area (Å²) in [7, 11) is 0. The van der Waals surface area contributed by atoms with Crippen molar-refractivity contribution < 1.29 is 0 Å². The van der Waals surface area contributed by atoms with Gasteiger partial charge in [0, 0.05) is 50.0 Å². The monoisotopic (exact) mass is 275 g/mol. The highest BCUT2D eigenvalue weighted by molar-refractivity contribution is 7.15. The Bertz CT molecular complexity index is 519. The summed E-state index contributed by atoms with van der Waals surface area (Å²) < 4.78 is 0. The van der Waals surface area contributed by atoms with Gasteiger partial charge in [-0.05, 0) is 12.1 Å². The number of nitrogens with zero attached hydrogens (tertiary/aromatic N) is 4. The van der Waals surface area contributed by atoms with Gasteiger partial charge in [0.15, 0.2) is 5.13 Å². The van der Waals surface area contributed by atoms with Crippen molar-refractivity contribution in [1.82, 2.24) is 9.97 Å². The van der Waals surface area contributed by atoms with Crippen LogP contribution in [-0.4, -0.2) is 36.1 Å². The molecule has 100 valence electrons. The molecule has 2 aromatic heterocycles. The number of anilines is 2. The van der Waals surface area contributed by atoms with Crippen molar-refractivity contribution in [2.24, 2.45) is 5.73 Å². The van der Waals surface area contributed by atoms with Gasteiger partial charge in [-0.2, -0.15) is 0 Å². The maximum atomic E-state index is 5.63. The topological polar surface area (TPSA) is 58.3 Å². The van der Waals surface area contributed by atoms with Gasteiger partial charge in [0.1, 0.15) is 5.82 Å². The van der Waals surface area contributed by atoms with Crippen LogP contribution in [0.15, 0.2) is 30.6 Å². The number of aromatic nitrogens is 2. The number of thiazole rings is 1. The Kier molecular flexibility index (Phi) is 3.61. The summed E-state index contributed by atoms with van der Waals surface area (Å²) >= 11 is 1.69. The van der Waals surface area contributed by atoms with Crippen LogP contribution in [0.25, 0.3) is 0 Å². The summed E-state index contributed by atoms with van der Waals surface area (Å²) in [5.41, 5.74) is 5.63. The molecule has 0 spiro atoms. The molecule has 0 aliphatic carbocycles. The van der Waals surface area contributed by atoms with E-state index in [0.29, 0.717) is 6.54 Å². The zero-order chi connectivity index (χ0) is 13.1. The van der Waals surface area contributed by atoms with Gasteiger partial charge < -0.3 is 15.5 Å². The SMILES string of the molecule is NCc1cnc(N2CCN(c3ccccn3)CC2)s1. The van der Waals surface area contributed by atoms with Gasteiger partial charge in [0.05, 0.1) is 0 Å². The van der Waals surface area contributed by atoms with E-state index in [9.17, 15) is 0 Å². The van der Waals surface area contributed by atoms with Crippen LogP contribution in [0.5, 0.6) is 0 Å². The van der Waals surface area contributed by atoms with Crippen molar-refractivity contribution >= 4 is 22.3 Å². The summed E-state index contributed by atoms with van der Waals surface area (Å²) in [5, 5.41) is 1.08. The van der Waals surface area contributed by atoms with Crippen LogP contribution in [0, 0.1) is 0 Å². The third kappa shape index (κ3) is 2.69. The number of nitrogens with two attached hydrogens (primary N) is 1. The lowest BCUT2D eigenvalue weighted by Crippen LogP contribution is -2.46. The molecule has 3 rings (SSSR count). The first-order valence-corrected chi connectivity index (χ1v) is 7.24. The Morgan fingerprint density at radius 2 is 1.89 bits per heavy atom. The first kappa shape index (κ1) is 12.4. The average Bonchev–Trinajstić information content (AvgIpc) is 2.97. The van der Waals surface area contributed by atoms with Crippen molar-refractivity contribution in [3.63, 3.8) is 0 Å². The van der Waals surface area contributed by atoms with E-state index in [1.165, 1.54) is 0 Å². The fourth-order valence-corrected chi connectivity index (χ4v) is 3.05. The second-order valence-corrected chi connectivity index (χ2v) is 5.57. The maximum Gasteiger partial charge on any atom is 0.185 e. The number of hydrogen-bond acceptors (Lipinski definition) is 6. The van der Waals surface area contributed by atoms with Gasteiger partial charge >= 0.3 is 0 Å². The van der Waals surface area contributed by atoms with Crippen molar-refractivity contribution in [1.29, 1.82) is 0 Å². The molecule has 0 radical (unpaired) electrons. The number of piperazine rings is 1. The molecule has 1 aliphatic rings. The minimum absolute atomic E-state index is 0.575. The summed E-state index contributed by atoms with van der Waals surface area (Å²) in [5.74, 6) is 1.06. The van der Waals surface area contributed by atoms with E-state index in [1.807, 2.05) is 24.5 Å². The minimum Gasteiger partial charge on any atom is -0.353 e. The highest BCUT2D eigenvalue weighted by Crippen LogP contribution is 2.24. The molecule has 2 aromatic rings. The van der Waals surface area contributed by atoms with Crippen LogP contribution in [-0.2, 0) is 6.54 Å². The summed E-state index contributed by atoms with van der Waals surface area (Å²) in [6.07, 6.45) is 3.72. The molecular formula is C13H17N5S. The second-order valence-electron chi connectivity index (χ2n) is 4.48. The van der Waals surface area contributed by atoms with Crippen LogP contribution >= 0.6 is 11.3 Å². The van der Waals surface area contributed by atoms with Gasteiger partial charge in [-0.3, -0.25) is 0 Å². The molecule has 19 heavy (non-hydrogen) atoms. The predicted molar refractivity (Wildman–Crippen MR) is 78.7 cm³/mol. The zero-order valence-electron chi connectivity index (χ0n) is 10.7. The predicted octanol–water partition coefficient (Wildman–Crippen LogP) is 1.32. The summed E-state index contributed by atoms with van der Waals surface area (Å²) in [4.78, 5) is 14.6. The molecule has 6 heteroatoms. The van der Waals surface area contributed by atoms with Crippen LogP contribution in [0.1, 0.15) is 4.88 Å². The Morgan fingerprint density at radius 3 is 2.53 bits per heavy atom. The molecule has 1 fully saturated rings. The second kappa shape index (κ2) is 5.54. The van der Waals surface area contributed by atoms with Gasteiger partial charge in [-0.1, -0.05) is 6.07 Å². The van der Waals surface area contributed by atoms with Gasteiger partial charge in [-0.15, -0.1) is 11.3 Å². The molecule has 2 N–H and O–H groups in total. The molecule has 3 heterocycles. The van der Waals surface area contributed by atoms with Crippen molar-refractivity contribution in [3.05, 3.63) is 35.5 Å². The number of rotatable bonds is 3. The van der Waals surface area contributed by atoms with Gasteiger partial charge in [0.25, 0.3) is 0 Å². The number of pyridine rings is 1. The average molecular weight is 275 g/mol. The maximum absolute atomic E-state index is 5.63. The van der Waals surface area contributed by atoms with E-state index >= 15 is 0 Å². The smallest absolute Gasteiger partial charge is 0.185 e. The largest absolute Gasteiger partial charge is 0.353 e. The fourth-order valence-electron chi connectivity index (χ4n) is 2.21. The van der Waals surface area contributed by atoms with E-state index in [2.05, 4.69) is 25.8 Å². The number of hydrogen-bond donors (Lipinski definition) is 1. The highest BCUT2D eigenvalue weighted by Gasteiger charge is 2.19.